The van der Waals surface area contributed by atoms with E-state index in [1.807, 2.05) is 37.3 Å². The highest BCUT2D eigenvalue weighted by atomic mass is 35.5. The average Bonchev–Trinajstić information content (AvgIpc) is 2.61. The van der Waals surface area contributed by atoms with Gasteiger partial charge in [0.15, 0.2) is 5.11 Å². The minimum absolute atomic E-state index is 0.373. The first kappa shape index (κ1) is 19.2. The second-order valence-electron chi connectivity index (χ2n) is 5.60. The van der Waals surface area contributed by atoms with Crippen LogP contribution in [0.2, 0.25) is 5.02 Å². The molecule has 6 heteroatoms. The van der Waals surface area contributed by atoms with Crippen molar-refractivity contribution in [2.24, 2.45) is 0 Å². The van der Waals surface area contributed by atoms with Crippen molar-refractivity contribution in [1.29, 1.82) is 0 Å². The lowest BCUT2D eigenvalue weighted by Gasteiger charge is -2.13. The highest BCUT2D eigenvalue weighted by molar-refractivity contribution is 7.80. The highest BCUT2D eigenvalue weighted by Crippen LogP contribution is 2.18. The van der Waals surface area contributed by atoms with Crippen LogP contribution < -0.4 is 10.6 Å². The quantitative estimate of drug-likeness (QED) is 0.446. The van der Waals surface area contributed by atoms with Gasteiger partial charge in [-0.3, -0.25) is 0 Å². The SMILES string of the molecule is COC(=O)c1ccc(C)c(NC(=S)NCCCc2ccccc2Cl)c1. The number of anilines is 1. The lowest BCUT2D eigenvalue weighted by molar-refractivity contribution is 0.0601. The van der Waals surface area contributed by atoms with Gasteiger partial charge >= 0.3 is 5.97 Å². The third kappa shape index (κ3) is 5.73. The van der Waals surface area contributed by atoms with Crippen molar-refractivity contribution >= 4 is 40.6 Å². The van der Waals surface area contributed by atoms with Crippen LogP contribution in [-0.4, -0.2) is 24.7 Å². The number of hydrogen-bond acceptors (Lipinski definition) is 3. The number of hydrogen-bond donors (Lipinski definition) is 2. The van der Waals surface area contributed by atoms with Crippen LogP contribution in [0.1, 0.15) is 27.9 Å². The molecule has 0 spiro atoms. The number of carbonyl (C=O) groups excluding carboxylic acids is 1. The highest BCUT2D eigenvalue weighted by Gasteiger charge is 2.09. The Hall–Kier alpha value is -2.11. The third-order valence-corrected chi connectivity index (χ3v) is 4.39. The molecule has 0 heterocycles. The molecular weight excluding hydrogens is 356 g/mol. The Bertz CT molecular complexity index is 765. The van der Waals surface area contributed by atoms with E-state index >= 15 is 0 Å². The molecule has 0 aliphatic rings. The molecule has 0 aliphatic carbocycles. The zero-order chi connectivity index (χ0) is 18.2. The molecule has 2 N–H and O–H groups in total. The van der Waals surface area contributed by atoms with E-state index in [0.717, 1.165) is 41.2 Å². The first-order valence-corrected chi connectivity index (χ1v) is 8.77. The van der Waals surface area contributed by atoms with Gasteiger partial charge in [-0.25, -0.2) is 4.79 Å². The Labute approximate surface area is 158 Å². The van der Waals surface area contributed by atoms with E-state index in [1.54, 1.807) is 12.1 Å². The molecule has 0 aliphatic heterocycles. The topological polar surface area (TPSA) is 50.4 Å². The van der Waals surface area contributed by atoms with Crippen molar-refractivity contribution in [3.05, 3.63) is 64.2 Å². The number of aryl methyl sites for hydroxylation is 2. The largest absolute Gasteiger partial charge is 0.465 e. The van der Waals surface area contributed by atoms with Gasteiger partial charge in [0, 0.05) is 17.3 Å². The minimum atomic E-state index is -0.373. The summed E-state index contributed by atoms with van der Waals surface area (Å²) in [6.45, 7) is 2.68. The first-order valence-electron chi connectivity index (χ1n) is 7.98. The fraction of sp³-hybridized carbons (Fsp3) is 0.263. The Balaban J connectivity index is 1.84. The van der Waals surface area contributed by atoms with Crippen molar-refractivity contribution in [2.75, 3.05) is 19.0 Å². The van der Waals surface area contributed by atoms with E-state index in [9.17, 15) is 4.79 Å². The van der Waals surface area contributed by atoms with Gasteiger partial charge in [0.2, 0.25) is 0 Å². The number of rotatable bonds is 6. The average molecular weight is 377 g/mol. The predicted octanol–water partition coefficient (Wildman–Crippen LogP) is 4.35. The number of halogens is 1. The molecular formula is C19H21ClN2O2S. The maximum atomic E-state index is 11.6. The fourth-order valence-corrected chi connectivity index (χ4v) is 2.79. The lowest BCUT2D eigenvalue weighted by Crippen LogP contribution is -2.29. The predicted molar refractivity (Wildman–Crippen MR) is 107 cm³/mol. The Morgan fingerprint density at radius 3 is 2.72 bits per heavy atom. The standard InChI is InChI=1S/C19H21ClN2O2S/c1-13-9-10-15(18(23)24-2)12-17(13)22-19(25)21-11-5-7-14-6-3-4-8-16(14)20/h3-4,6,8-10,12H,5,7,11H2,1-2H3,(H2,21,22,25). The second kappa shape index (κ2) is 9.39. The number of ether oxygens (including phenoxy) is 1. The van der Waals surface area contributed by atoms with Crippen molar-refractivity contribution in [3.63, 3.8) is 0 Å². The third-order valence-electron chi connectivity index (χ3n) is 3.77. The number of nitrogens with one attached hydrogen (secondary N) is 2. The van der Waals surface area contributed by atoms with Gasteiger partial charge in [-0.1, -0.05) is 35.9 Å². The van der Waals surface area contributed by atoms with Gasteiger partial charge in [0.1, 0.15) is 0 Å². The van der Waals surface area contributed by atoms with Crippen LogP contribution in [0, 0.1) is 6.92 Å². The van der Waals surface area contributed by atoms with Crippen LogP contribution in [-0.2, 0) is 11.2 Å². The van der Waals surface area contributed by atoms with Gasteiger partial charge in [0.05, 0.1) is 12.7 Å². The number of methoxy groups -OCH3 is 1. The summed E-state index contributed by atoms with van der Waals surface area (Å²) in [5.41, 5.74) is 3.39. The van der Waals surface area contributed by atoms with Crippen LogP contribution in [0.25, 0.3) is 0 Å². The Morgan fingerprint density at radius 2 is 2.00 bits per heavy atom. The molecule has 2 rings (SSSR count). The van der Waals surface area contributed by atoms with Crippen LogP contribution in [0.4, 0.5) is 5.69 Å². The van der Waals surface area contributed by atoms with Crippen LogP contribution in [0.15, 0.2) is 42.5 Å². The van der Waals surface area contributed by atoms with Crippen molar-refractivity contribution in [3.8, 4) is 0 Å². The van der Waals surface area contributed by atoms with E-state index in [1.165, 1.54) is 7.11 Å². The Kier molecular flexibility index (Phi) is 7.22. The molecule has 0 aromatic heterocycles. The molecule has 0 bridgehead atoms. The van der Waals surface area contributed by atoms with Gasteiger partial charge < -0.3 is 15.4 Å². The summed E-state index contributed by atoms with van der Waals surface area (Å²) in [5.74, 6) is -0.373. The molecule has 132 valence electrons. The van der Waals surface area contributed by atoms with Crippen LogP contribution in [0.5, 0.6) is 0 Å². The summed E-state index contributed by atoms with van der Waals surface area (Å²) in [6, 6.07) is 13.2. The fourth-order valence-electron chi connectivity index (χ4n) is 2.35. The smallest absolute Gasteiger partial charge is 0.337 e. The second-order valence-corrected chi connectivity index (χ2v) is 6.41. The van der Waals surface area contributed by atoms with E-state index in [0.29, 0.717) is 10.7 Å². The number of thiocarbonyl (C=S) groups is 1. The molecule has 0 unspecified atom stereocenters. The molecule has 2 aromatic carbocycles. The molecule has 0 saturated carbocycles. The molecule has 0 fully saturated rings. The van der Waals surface area contributed by atoms with Gasteiger partial charge in [0.25, 0.3) is 0 Å². The molecule has 0 amide bonds. The molecule has 0 atom stereocenters. The zero-order valence-electron chi connectivity index (χ0n) is 14.3. The first-order chi connectivity index (χ1) is 12.0. The van der Waals surface area contributed by atoms with E-state index in [2.05, 4.69) is 10.6 Å². The Morgan fingerprint density at radius 1 is 1.24 bits per heavy atom. The zero-order valence-corrected chi connectivity index (χ0v) is 15.8. The van der Waals surface area contributed by atoms with Gasteiger partial charge in [-0.05, 0) is 61.3 Å². The van der Waals surface area contributed by atoms with Crippen molar-refractivity contribution in [2.45, 2.75) is 19.8 Å². The summed E-state index contributed by atoms with van der Waals surface area (Å²) in [6.07, 6.45) is 1.79. The summed E-state index contributed by atoms with van der Waals surface area (Å²) < 4.78 is 4.74. The van der Waals surface area contributed by atoms with E-state index in [4.69, 9.17) is 28.6 Å². The number of benzene rings is 2. The molecule has 2 aromatic rings. The summed E-state index contributed by atoms with van der Waals surface area (Å²) in [4.78, 5) is 11.6. The summed E-state index contributed by atoms with van der Waals surface area (Å²) in [7, 11) is 1.36. The van der Waals surface area contributed by atoms with Gasteiger partial charge in [-0.2, -0.15) is 0 Å². The molecule has 0 saturated heterocycles. The maximum absolute atomic E-state index is 11.6. The van der Waals surface area contributed by atoms with Crippen LogP contribution >= 0.6 is 23.8 Å². The maximum Gasteiger partial charge on any atom is 0.337 e. The molecule has 0 radical (unpaired) electrons. The summed E-state index contributed by atoms with van der Waals surface area (Å²) in [5, 5.41) is 7.61. The number of carbonyl (C=O) groups is 1. The normalized spacial score (nSPS) is 10.2. The monoisotopic (exact) mass is 376 g/mol. The van der Waals surface area contributed by atoms with Crippen molar-refractivity contribution in [1.82, 2.24) is 5.32 Å². The molecule has 4 nitrogen and oxygen atoms in total. The van der Waals surface area contributed by atoms with Crippen molar-refractivity contribution < 1.29 is 9.53 Å². The lowest BCUT2D eigenvalue weighted by atomic mass is 10.1. The summed E-state index contributed by atoms with van der Waals surface area (Å²) >= 11 is 11.5. The van der Waals surface area contributed by atoms with E-state index in [-0.39, 0.29) is 5.97 Å². The number of esters is 1. The molecule has 25 heavy (non-hydrogen) atoms. The van der Waals surface area contributed by atoms with Gasteiger partial charge in [-0.15, -0.1) is 0 Å². The van der Waals surface area contributed by atoms with E-state index < -0.39 is 0 Å². The van der Waals surface area contributed by atoms with Crippen LogP contribution in [0.3, 0.4) is 0 Å². The minimum Gasteiger partial charge on any atom is -0.465 e.